The lowest BCUT2D eigenvalue weighted by atomic mass is 9.40. The Hall–Kier alpha value is -0.890. The van der Waals surface area contributed by atoms with Gasteiger partial charge in [-0.25, -0.2) is 0 Å². The van der Waals surface area contributed by atoms with Crippen LogP contribution >= 0.6 is 0 Å². The van der Waals surface area contributed by atoms with Crippen LogP contribution in [0.4, 0.5) is 0 Å². The number of carbonyl (C=O) groups is 1. The highest BCUT2D eigenvalue weighted by Gasteiger charge is 2.86. The number of carbonyl (C=O) groups excluding carboxylic acids is 1. The molecule has 2 heterocycles. The standard InChI is InChI=1S/C37H60O11/c1-19(39)46-21-14-33(6)23-9-8-22-31(2,3)25(47-30-28(43)27(42)20(40)16-45-30)11-13-35(22)17-36(23,35)15-24(41)37(33,18-38)29(21)34(7)12-10-26(48-34)32(4,5)44/h20-30,38,40-44H,8-18H2,1-7H3/t20-,21+,22+,23+,24+,25+,26-,27+,28-,29-,30+,33+,34+,35-,36+,37-/m1/s1. The van der Waals surface area contributed by atoms with Gasteiger partial charge in [0.25, 0.3) is 0 Å². The van der Waals surface area contributed by atoms with E-state index in [9.17, 15) is 35.4 Å². The average molecular weight is 681 g/mol. The molecule has 0 aromatic carbocycles. The fourth-order valence-corrected chi connectivity index (χ4v) is 13.8. The second-order valence-electron chi connectivity index (χ2n) is 18.7. The van der Waals surface area contributed by atoms with Crippen molar-refractivity contribution in [2.45, 2.75) is 166 Å². The molecule has 11 nitrogen and oxygen atoms in total. The van der Waals surface area contributed by atoms with Crippen molar-refractivity contribution in [1.82, 2.24) is 0 Å². The molecule has 274 valence electrons. The maximum atomic E-state index is 12.6. The molecular weight excluding hydrogens is 620 g/mol. The SMILES string of the molecule is CC(=O)O[C@H]1C[C@@]2(C)[C@@H]3CC[C@H]4C(C)(C)[C@@H](O[C@@H]5OC[C@@H](O)[C@H](O)[C@H]5O)CC[C@@]45C[C@@]35C[C@H](O)[C@]2(CO)[C@H]1[C@]1(C)CC[C@H](C(C)(C)O)O1. The van der Waals surface area contributed by atoms with Crippen LogP contribution in [0.5, 0.6) is 0 Å². The van der Waals surface area contributed by atoms with Gasteiger partial charge in [-0.3, -0.25) is 4.79 Å². The van der Waals surface area contributed by atoms with Gasteiger partial charge in [0.1, 0.15) is 24.4 Å². The van der Waals surface area contributed by atoms with Crippen LogP contribution in [0.25, 0.3) is 0 Å². The number of hydrogen-bond donors (Lipinski definition) is 6. The average Bonchev–Trinajstić information content (AvgIpc) is 3.29. The van der Waals surface area contributed by atoms with Crippen LogP contribution in [0, 0.1) is 44.8 Å². The third-order valence-corrected chi connectivity index (χ3v) is 15.8. The van der Waals surface area contributed by atoms with Crippen molar-refractivity contribution in [2.75, 3.05) is 13.2 Å². The molecule has 0 aromatic rings. The van der Waals surface area contributed by atoms with Crippen LogP contribution in [0.15, 0.2) is 0 Å². The minimum Gasteiger partial charge on any atom is -0.462 e. The monoisotopic (exact) mass is 680 g/mol. The quantitative estimate of drug-likeness (QED) is 0.180. The Labute approximate surface area is 284 Å². The van der Waals surface area contributed by atoms with Gasteiger partial charge < -0.3 is 49.6 Å². The molecule has 0 aromatic heterocycles. The van der Waals surface area contributed by atoms with Crippen LogP contribution in [-0.2, 0) is 23.7 Å². The summed E-state index contributed by atoms with van der Waals surface area (Å²) in [7, 11) is 0. The normalized spacial score (nSPS) is 55.6. The van der Waals surface area contributed by atoms with Crippen LogP contribution < -0.4 is 0 Å². The summed E-state index contributed by atoms with van der Waals surface area (Å²) in [5.74, 6) is -0.347. The molecule has 7 aliphatic rings. The summed E-state index contributed by atoms with van der Waals surface area (Å²) in [5, 5.41) is 65.9. The first kappa shape index (κ1) is 35.5. The predicted molar refractivity (Wildman–Crippen MR) is 172 cm³/mol. The van der Waals surface area contributed by atoms with E-state index in [0.29, 0.717) is 31.6 Å². The first-order valence-electron chi connectivity index (χ1n) is 18.4. The van der Waals surface area contributed by atoms with E-state index in [4.69, 9.17) is 18.9 Å². The van der Waals surface area contributed by atoms with Crippen LogP contribution in [0.3, 0.4) is 0 Å². The number of rotatable bonds is 6. The van der Waals surface area contributed by atoms with Gasteiger partial charge in [0, 0.05) is 18.3 Å². The Morgan fingerprint density at radius 1 is 0.917 bits per heavy atom. The van der Waals surface area contributed by atoms with Crippen LogP contribution in [0.1, 0.15) is 106 Å². The van der Waals surface area contributed by atoms with Crippen LogP contribution in [0.2, 0.25) is 0 Å². The van der Waals surface area contributed by atoms with E-state index in [1.807, 2.05) is 6.92 Å². The lowest BCUT2D eigenvalue weighted by molar-refractivity contribution is -0.304. The first-order valence-corrected chi connectivity index (χ1v) is 18.4. The minimum atomic E-state index is -1.34. The minimum absolute atomic E-state index is 0.0125. The highest BCUT2D eigenvalue weighted by molar-refractivity contribution is 5.66. The van der Waals surface area contributed by atoms with Crippen molar-refractivity contribution in [3.8, 4) is 0 Å². The van der Waals surface area contributed by atoms with Crippen molar-refractivity contribution in [3.05, 3.63) is 0 Å². The zero-order valence-electron chi connectivity index (χ0n) is 29.9. The highest BCUT2D eigenvalue weighted by Crippen LogP contribution is 2.89. The molecule has 5 aliphatic carbocycles. The highest BCUT2D eigenvalue weighted by atomic mass is 16.7. The third-order valence-electron chi connectivity index (χ3n) is 15.8. The molecule has 6 N–H and O–H groups in total. The van der Waals surface area contributed by atoms with Crippen molar-refractivity contribution in [3.63, 3.8) is 0 Å². The molecule has 0 amide bonds. The van der Waals surface area contributed by atoms with Crippen molar-refractivity contribution >= 4 is 5.97 Å². The van der Waals surface area contributed by atoms with E-state index in [1.54, 1.807) is 13.8 Å². The third kappa shape index (κ3) is 4.54. The van der Waals surface area contributed by atoms with Crippen molar-refractivity contribution < 1.29 is 54.4 Å². The topological polar surface area (TPSA) is 175 Å². The van der Waals surface area contributed by atoms with E-state index in [0.717, 1.165) is 32.1 Å². The van der Waals surface area contributed by atoms with Gasteiger partial charge in [0.15, 0.2) is 6.29 Å². The summed E-state index contributed by atoms with van der Waals surface area (Å²) in [6, 6.07) is 0. The molecular formula is C37H60O11. The first-order chi connectivity index (χ1) is 22.2. The number of fused-ring (bicyclic) bond motifs is 2. The van der Waals surface area contributed by atoms with Crippen molar-refractivity contribution in [2.24, 2.45) is 44.8 Å². The fraction of sp³-hybridized carbons (Fsp3) is 0.973. The molecule has 7 fully saturated rings. The summed E-state index contributed by atoms with van der Waals surface area (Å²) in [6.07, 6.45) is -0.0227. The molecule has 2 aliphatic heterocycles. The number of hydrogen-bond acceptors (Lipinski definition) is 11. The van der Waals surface area contributed by atoms with Gasteiger partial charge in [-0.1, -0.05) is 20.8 Å². The number of ether oxygens (including phenoxy) is 4. The van der Waals surface area contributed by atoms with E-state index < -0.39 is 70.9 Å². The zero-order valence-corrected chi connectivity index (χ0v) is 29.9. The molecule has 48 heavy (non-hydrogen) atoms. The molecule has 5 saturated carbocycles. The largest absolute Gasteiger partial charge is 0.462 e. The smallest absolute Gasteiger partial charge is 0.302 e. The Kier molecular flexibility index (Phi) is 8.18. The maximum absolute atomic E-state index is 12.6. The van der Waals surface area contributed by atoms with E-state index >= 15 is 0 Å². The second kappa shape index (κ2) is 11.1. The lowest BCUT2D eigenvalue weighted by Crippen LogP contribution is -2.66. The summed E-state index contributed by atoms with van der Waals surface area (Å²) in [5.41, 5.74) is -3.80. The second-order valence-corrected chi connectivity index (χ2v) is 18.7. The van der Waals surface area contributed by atoms with Gasteiger partial charge in [-0.2, -0.15) is 0 Å². The summed E-state index contributed by atoms with van der Waals surface area (Å²) in [6.45, 7) is 13.3. The van der Waals surface area contributed by atoms with Gasteiger partial charge >= 0.3 is 5.97 Å². The molecule has 7 rings (SSSR count). The number of esters is 1. The fourth-order valence-electron chi connectivity index (χ4n) is 13.8. The number of aliphatic hydroxyl groups is 6. The molecule has 0 radical (unpaired) electrons. The zero-order chi connectivity index (χ0) is 35.0. The Morgan fingerprint density at radius 2 is 1.60 bits per heavy atom. The molecule has 2 saturated heterocycles. The van der Waals surface area contributed by atoms with E-state index in [1.165, 1.54) is 6.92 Å². The van der Waals surface area contributed by atoms with Gasteiger partial charge in [-0.15, -0.1) is 0 Å². The maximum Gasteiger partial charge on any atom is 0.302 e. The van der Waals surface area contributed by atoms with Crippen molar-refractivity contribution in [1.29, 1.82) is 0 Å². The molecule has 0 unspecified atom stereocenters. The van der Waals surface area contributed by atoms with Gasteiger partial charge in [0.05, 0.1) is 42.7 Å². The Bertz CT molecular complexity index is 1280. The van der Waals surface area contributed by atoms with E-state index in [2.05, 4.69) is 20.8 Å². The molecule has 2 spiro atoms. The number of aliphatic hydroxyl groups excluding tert-OH is 5. The predicted octanol–water partition coefficient (Wildman–Crippen LogP) is 2.44. The Morgan fingerprint density at radius 3 is 2.23 bits per heavy atom. The molecule has 16 atom stereocenters. The summed E-state index contributed by atoms with van der Waals surface area (Å²) in [4.78, 5) is 12.6. The summed E-state index contributed by atoms with van der Waals surface area (Å²) >= 11 is 0. The molecule has 0 bridgehead atoms. The summed E-state index contributed by atoms with van der Waals surface area (Å²) < 4.78 is 24.9. The van der Waals surface area contributed by atoms with Crippen LogP contribution in [-0.4, -0.2) is 110 Å². The van der Waals surface area contributed by atoms with Gasteiger partial charge in [0.2, 0.25) is 0 Å². The van der Waals surface area contributed by atoms with Gasteiger partial charge in [-0.05, 0) is 112 Å². The lowest BCUT2D eigenvalue weighted by Gasteiger charge is -2.65. The Balaban J connectivity index is 1.21. The molecule has 11 heteroatoms. The van der Waals surface area contributed by atoms with E-state index in [-0.39, 0.29) is 47.4 Å².